The van der Waals surface area contributed by atoms with Gasteiger partial charge in [0.15, 0.2) is 0 Å². The second-order valence-electron chi connectivity index (χ2n) is 6.87. The van der Waals surface area contributed by atoms with Crippen molar-refractivity contribution in [1.29, 1.82) is 0 Å². The largest absolute Gasteiger partial charge is 0.393 e. The van der Waals surface area contributed by atoms with Crippen LogP contribution in [0.25, 0.3) is 0 Å². The maximum absolute atomic E-state index is 10.5. The third kappa shape index (κ3) is 10.5. The van der Waals surface area contributed by atoms with Gasteiger partial charge in [-0.05, 0) is 51.0 Å². The van der Waals surface area contributed by atoms with E-state index in [-0.39, 0.29) is 15.9 Å². The molecule has 3 rings (SSSR count). The summed E-state index contributed by atoms with van der Waals surface area (Å²) >= 11 is 0. The van der Waals surface area contributed by atoms with E-state index in [0.29, 0.717) is 0 Å². The quantitative estimate of drug-likeness (QED) is 0.601. The highest BCUT2D eigenvalue weighted by Gasteiger charge is 2.08. The molecule has 0 saturated heterocycles. The van der Waals surface area contributed by atoms with E-state index >= 15 is 0 Å². The lowest BCUT2D eigenvalue weighted by atomic mass is 9.98. The summed E-state index contributed by atoms with van der Waals surface area (Å²) in [7, 11) is -8.04. The first-order valence-corrected chi connectivity index (χ1v) is 12.0. The van der Waals surface area contributed by atoms with E-state index in [9.17, 15) is 16.8 Å². The van der Waals surface area contributed by atoms with Crippen molar-refractivity contribution in [2.45, 2.75) is 61.8 Å². The summed E-state index contributed by atoms with van der Waals surface area (Å²) in [5, 5.41) is 8.91. The third-order valence-electron chi connectivity index (χ3n) is 4.21. The van der Waals surface area contributed by atoms with Gasteiger partial charge < -0.3 is 5.11 Å². The third-order valence-corrected chi connectivity index (χ3v) is 5.95. The zero-order chi connectivity index (χ0) is 22.1. The van der Waals surface area contributed by atoms with Crippen molar-refractivity contribution in [3.63, 3.8) is 0 Å². The molecule has 0 aliphatic heterocycles. The summed E-state index contributed by atoms with van der Waals surface area (Å²) in [5.74, 6) is 0. The molecule has 2 aromatic carbocycles. The van der Waals surface area contributed by atoms with Gasteiger partial charge in [-0.25, -0.2) is 0 Å². The highest BCUT2D eigenvalue weighted by Crippen LogP contribution is 2.16. The Morgan fingerprint density at radius 1 is 0.655 bits per heavy atom. The molecule has 3 N–H and O–H groups in total. The van der Waals surface area contributed by atoms with Crippen LogP contribution >= 0.6 is 0 Å². The fraction of sp³-hybridized carbons (Fsp3) is 0.400. The molecular formula is C20H28O7S2. The molecule has 0 radical (unpaired) electrons. The molecule has 0 spiro atoms. The van der Waals surface area contributed by atoms with Gasteiger partial charge in [0.2, 0.25) is 0 Å². The molecule has 1 aliphatic rings. The number of aliphatic hydroxyl groups is 1. The Morgan fingerprint density at radius 3 is 1.17 bits per heavy atom. The molecule has 1 aliphatic carbocycles. The first-order chi connectivity index (χ1) is 13.4. The van der Waals surface area contributed by atoms with Crippen molar-refractivity contribution in [3.05, 3.63) is 59.7 Å². The highest BCUT2D eigenvalue weighted by molar-refractivity contribution is 7.86. The maximum atomic E-state index is 10.5. The molecule has 0 atom stereocenters. The zero-order valence-corrected chi connectivity index (χ0v) is 18.2. The molecule has 7 nitrogen and oxygen atoms in total. The lowest BCUT2D eigenvalue weighted by molar-refractivity contribution is 0.130. The van der Waals surface area contributed by atoms with E-state index in [4.69, 9.17) is 14.2 Å². The molecule has 0 amide bonds. The smallest absolute Gasteiger partial charge is 0.294 e. The minimum Gasteiger partial charge on any atom is -0.393 e. The number of benzene rings is 2. The summed E-state index contributed by atoms with van der Waals surface area (Å²) in [6.07, 6.45) is 5.92. The first-order valence-electron chi connectivity index (χ1n) is 9.16. The Bertz CT molecular complexity index is 869. The van der Waals surface area contributed by atoms with E-state index in [1.807, 2.05) is 13.8 Å². The Kier molecular flexibility index (Phi) is 9.94. The lowest BCUT2D eigenvalue weighted by Gasteiger charge is -2.14. The van der Waals surface area contributed by atoms with Gasteiger partial charge in [0.05, 0.1) is 15.9 Å². The summed E-state index contributed by atoms with van der Waals surface area (Å²) in [5.41, 5.74) is 1.91. The van der Waals surface area contributed by atoms with Gasteiger partial charge in [-0.1, -0.05) is 54.7 Å². The van der Waals surface area contributed by atoms with Gasteiger partial charge >= 0.3 is 0 Å². The summed E-state index contributed by atoms with van der Waals surface area (Å²) in [4.78, 5) is -0.133. The molecule has 1 fully saturated rings. The van der Waals surface area contributed by atoms with Crippen LogP contribution in [0.1, 0.15) is 43.2 Å². The van der Waals surface area contributed by atoms with Crippen molar-refractivity contribution in [2.24, 2.45) is 0 Å². The van der Waals surface area contributed by atoms with E-state index in [2.05, 4.69) is 0 Å². The minimum atomic E-state index is -4.02. The van der Waals surface area contributed by atoms with Crippen molar-refractivity contribution < 1.29 is 31.0 Å². The standard InChI is InChI=1S/2C7H8O3S.C6H12O/c2*1-6-2-4-7(5-3-6)11(8,9)10;7-6-4-2-1-3-5-6/h2*2-5H,1H3,(H,8,9,10);6-7H,1-5H2. The van der Waals surface area contributed by atoms with Crippen LogP contribution in [0.5, 0.6) is 0 Å². The Hall–Kier alpha value is -1.78. The monoisotopic (exact) mass is 444 g/mol. The van der Waals surface area contributed by atoms with Crippen LogP contribution in [-0.2, 0) is 20.2 Å². The molecule has 2 aromatic rings. The van der Waals surface area contributed by atoms with Crippen LogP contribution in [0.15, 0.2) is 58.3 Å². The summed E-state index contributed by atoms with van der Waals surface area (Å²) in [6, 6.07) is 12.0. The fourth-order valence-corrected chi connectivity index (χ4v) is 3.46. The van der Waals surface area contributed by atoms with Gasteiger partial charge in [0.25, 0.3) is 20.2 Å². The van der Waals surface area contributed by atoms with Crippen molar-refractivity contribution in [1.82, 2.24) is 0 Å². The van der Waals surface area contributed by atoms with E-state index < -0.39 is 20.2 Å². The van der Waals surface area contributed by atoms with Crippen molar-refractivity contribution >= 4 is 20.2 Å². The fourth-order valence-electron chi connectivity index (χ4n) is 2.50. The Labute approximate surface area is 172 Å². The molecular weight excluding hydrogens is 416 g/mol. The average Bonchev–Trinajstić information content (AvgIpc) is 2.63. The summed E-state index contributed by atoms with van der Waals surface area (Å²) in [6.45, 7) is 3.68. The Morgan fingerprint density at radius 2 is 0.966 bits per heavy atom. The normalized spacial score (nSPS) is 14.8. The van der Waals surface area contributed by atoms with Crippen LogP contribution in [-0.4, -0.2) is 37.2 Å². The second-order valence-corrected chi connectivity index (χ2v) is 9.71. The van der Waals surface area contributed by atoms with E-state index in [1.165, 1.54) is 43.5 Å². The van der Waals surface area contributed by atoms with Gasteiger partial charge in [-0.3, -0.25) is 9.11 Å². The lowest BCUT2D eigenvalue weighted by Crippen LogP contribution is -2.09. The van der Waals surface area contributed by atoms with Gasteiger partial charge in [0.1, 0.15) is 0 Å². The number of hydrogen-bond donors (Lipinski definition) is 3. The first kappa shape index (κ1) is 25.3. The molecule has 0 aromatic heterocycles. The Balaban J connectivity index is 0.000000223. The molecule has 29 heavy (non-hydrogen) atoms. The maximum Gasteiger partial charge on any atom is 0.294 e. The van der Waals surface area contributed by atoms with E-state index in [1.54, 1.807) is 24.3 Å². The van der Waals surface area contributed by atoms with Crippen LogP contribution in [0, 0.1) is 13.8 Å². The second kappa shape index (κ2) is 11.4. The number of hydrogen-bond acceptors (Lipinski definition) is 5. The van der Waals surface area contributed by atoms with Crippen LogP contribution in [0.2, 0.25) is 0 Å². The van der Waals surface area contributed by atoms with Crippen molar-refractivity contribution in [3.8, 4) is 0 Å². The van der Waals surface area contributed by atoms with Crippen LogP contribution in [0.4, 0.5) is 0 Å². The number of rotatable bonds is 2. The van der Waals surface area contributed by atoms with Crippen LogP contribution < -0.4 is 0 Å². The van der Waals surface area contributed by atoms with Crippen LogP contribution in [0.3, 0.4) is 0 Å². The molecule has 162 valence electrons. The predicted octanol–water partition coefficient (Wildman–Crippen LogP) is 3.79. The predicted molar refractivity (Wildman–Crippen MR) is 111 cm³/mol. The van der Waals surface area contributed by atoms with Gasteiger partial charge in [-0.2, -0.15) is 16.8 Å². The molecule has 0 heterocycles. The minimum absolute atomic E-state index is 0.0359. The van der Waals surface area contributed by atoms with Gasteiger partial charge in [-0.15, -0.1) is 0 Å². The zero-order valence-electron chi connectivity index (χ0n) is 16.5. The van der Waals surface area contributed by atoms with Crippen molar-refractivity contribution in [2.75, 3.05) is 0 Å². The number of aliphatic hydroxyl groups excluding tert-OH is 1. The van der Waals surface area contributed by atoms with Gasteiger partial charge in [0, 0.05) is 0 Å². The highest BCUT2D eigenvalue weighted by atomic mass is 32.2. The molecule has 1 saturated carbocycles. The summed E-state index contributed by atoms with van der Waals surface area (Å²) < 4.78 is 59.1. The molecule has 0 bridgehead atoms. The van der Waals surface area contributed by atoms with E-state index in [0.717, 1.165) is 24.0 Å². The number of aryl methyl sites for hydroxylation is 2. The SMILES string of the molecule is Cc1ccc(S(=O)(=O)O)cc1.Cc1ccc(S(=O)(=O)O)cc1.OC1CCCCC1. The average molecular weight is 445 g/mol. The topological polar surface area (TPSA) is 129 Å². The molecule has 0 unspecified atom stereocenters. The molecule has 9 heteroatoms.